The molecule has 0 spiro atoms. The lowest BCUT2D eigenvalue weighted by Gasteiger charge is -2.11. The van der Waals surface area contributed by atoms with Crippen LogP contribution in [-0.4, -0.2) is 5.91 Å². The average molecular weight is 206 g/mol. The van der Waals surface area contributed by atoms with Crippen molar-refractivity contribution in [2.24, 2.45) is 5.73 Å². The number of alkyl halides is 2. The molecule has 0 unspecified atom stereocenters. The molecule has 0 aliphatic heterocycles. The Hall–Kier alpha value is -1.16. The number of carbonyl (C=O) groups is 1. The van der Waals surface area contributed by atoms with E-state index < -0.39 is 17.4 Å². The zero-order chi connectivity index (χ0) is 10.1. The number of amides is 1. The molecule has 0 bridgehead atoms. The molecule has 2 nitrogen and oxygen atoms in total. The Labute approximate surface area is 78.3 Å². The first-order valence-electron chi connectivity index (χ1n) is 3.38. The second-order valence-electron chi connectivity index (χ2n) is 2.45. The first kappa shape index (κ1) is 9.92. The average Bonchev–Trinajstić information content (AvgIpc) is 2.04. The Morgan fingerprint density at radius 3 is 2.15 bits per heavy atom. The number of hydrogen-bond donors (Lipinski definition) is 1. The van der Waals surface area contributed by atoms with Gasteiger partial charge in [-0.15, -0.1) is 0 Å². The maximum absolute atomic E-state index is 12.9. The zero-order valence-electron chi connectivity index (χ0n) is 6.43. The highest BCUT2D eigenvalue weighted by molar-refractivity contribution is 6.30. The highest BCUT2D eigenvalue weighted by Crippen LogP contribution is 2.28. The second-order valence-corrected chi connectivity index (χ2v) is 2.88. The van der Waals surface area contributed by atoms with Gasteiger partial charge in [-0.2, -0.15) is 8.78 Å². The molecule has 0 heterocycles. The number of halogens is 3. The highest BCUT2D eigenvalue weighted by Gasteiger charge is 2.38. The van der Waals surface area contributed by atoms with Crippen molar-refractivity contribution in [2.75, 3.05) is 0 Å². The van der Waals surface area contributed by atoms with Crippen molar-refractivity contribution < 1.29 is 13.6 Å². The van der Waals surface area contributed by atoms with E-state index in [4.69, 9.17) is 11.6 Å². The molecule has 0 radical (unpaired) electrons. The fourth-order valence-electron chi connectivity index (χ4n) is 0.801. The van der Waals surface area contributed by atoms with Gasteiger partial charge in [-0.05, 0) is 12.1 Å². The standard InChI is InChI=1S/C8H6ClF2NO/c9-6-3-1-5(2-4-6)8(10,11)7(12)13/h1-4H,(H2,12,13). The first-order chi connectivity index (χ1) is 5.94. The van der Waals surface area contributed by atoms with Crippen LogP contribution in [0.25, 0.3) is 0 Å². The third kappa shape index (κ3) is 1.95. The third-order valence-corrected chi connectivity index (χ3v) is 1.77. The maximum atomic E-state index is 12.9. The summed E-state index contributed by atoms with van der Waals surface area (Å²) in [5, 5.41) is 0.323. The fraction of sp³-hybridized carbons (Fsp3) is 0.125. The van der Waals surface area contributed by atoms with Crippen molar-refractivity contribution in [3.63, 3.8) is 0 Å². The molecule has 0 atom stereocenters. The summed E-state index contributed by atoms with van der Waals surface area (Å²) in [5.41, 5.74) is 4.06. The fourth-order valence-corrected chi connectivity index (χ4v) is 0.927. The Morgan fingerprint density at radius 2 is 1.77 bits per heavy atom. The van der Waals surface area contributed by atoms with E-state index in [9.17, 15) is 13.6 Å². The molecule has 1 rings (SSSR count). The molecule has 1 aromatic carbocycles. The maximum Gasteiger partial charge on any atom is 0.349 e. The number of nitrogens with two attached hydrogens (primary N) is 1. The lowest BCUT2D eigenvalue weighted by molar-refractivity contribution is -0.143. The summed E-state index contributed by atoms with van der Waals surface area (Å²) < 4.78 is 25.8. The Morgan fingerprint density at radius 1 is 1.31 bits per heavy atom. The van der Waals surface area contributed by atoms with Gasteiger partial charge in [0.15, 0.2) is 0 Å². The van der Waals surface area contributed by atoms with Crippen molar-refractivity contribution in [2.45, 2.75) is 5.92 Å². The smallest absolute Gasteiger partial charge is 0.349 e. The molecule has 0 saturated heterocycles. The Kier molecular flexibility index (Phi) is 2.52. The van der Waals surface area contributed by atoms with Gasteiger partial charge in [0.25, 0.3) is 5.91 Å². The number of rotatable bonds is 2. The minimum Gasteiger partial charge on any atom is -0.364 e. The molecule has 2 N–H and O–H groups in total. The molecular weight excluding hydrogens is 200 g/mol. The van der Waals surface area contributed by atoms with Crippen LogP contribution in [0.4, 0.5) is 8.78 Å². The summed E-state index contributed by atoms with van der Waals surface area (Å²) in [6.45, 7) is 0. The number of hydrogen-bond acceptors (Lipinski definition) is 1. The Bertz CT molecular complexity index is 323. The molecular formula is C8H6ClF2NO. The number of carbonyl (C=O) groups excluding carboxylic acids is 1. The van der Waals surface area contributed by atoms with Crippen LogP contribution < -0.4 is 5.73 Å². The van der Waals surface area contributed by atoms with Crippen LogP contribution in [0, 0.1) is 0 Å². The van der Waals surface area contributed by atoms with Crippen LogP contribution >= 0.6 is 11.6 Å². The van der Waals surface area contributed by atoms with Gasteiger partial charge in [0.05, 0.1) is 0 Å². The van der Waals surface area contributed by atoms with Crippen molar-refractivity contribution in [3.8, 4) is 0 Å². The lowest BCUT2D eigenvalue weighted by Crippen LogP contribution is -2.32. The van der Waals surface area contributed by atoms with Gasteiger partial charge in [0.1, 0.15) is 0 Å². The van der Waals surface area contributed by atoms with E-state index >= 15 is 0 Å². The van der Waals surface area contributed by atoms with Crippen LogP contribution in [-0.2, 0) is 10.7 Å². The number of benzene rings is 1. The molecule has 5 heteroatoms. The van der Waals surface area contributed by atoms with Crippen molar-refractivity contribution in [1.29, 1.82) is 0 Å². The zero-order valence-corrected chi connectivity index (χ0v) is 7.18. The van der Waals surface area contributed by atoms with Gasteiger partial charge < -0.3 is 5.73 Å². The van der Waals surface area contributed by atoms with E-state index in [-0.39, 0.29) is 0 Å². The van der Waals surface area contributed by atoms with Crippen LogP contribution in [0.2, 0.25) is 5.02 Å². The van der Waals surface area contributed by atoms with E-state index in [1.165, 1.54) is 12.1 Å². The summed E-state index contributed by atoms with van der Waals surface area (Å²) in [5.74, 6) is -5.31. The summed E-state index contributed by atoms with van der Waals surface area (Å²) >= 11 is 5.48. The van der Waals surface area contributed by atoms with E-state index in [2.05, 4.69) is 5.73 Å². The van der Waals surface area contributed by atoms with Crippen LogP contribution in [0.3, 0.4) is 0 Å². The summed E-state index contributed by atoms with van der Waals surface area (Å²) in [6, 6.07) is 4.67. The molecule has 0 aromatic heterocycles. The van der Waals surface area contributed by atoms with Gasteiger partial charge in [-0.3, -0.25) is 4.79 Å². The topological polar surface area (TPSA) is 43.1 Å². The summed E-state index contributed by atoms with van der Waals surface area (Å²) in [6.07, 6.45) is 0. The number of primary amides is 1. The minimum absolute atomic E-state index is 0.323. The normalized spacial score (nSPS) is 11.3. The molecule has 0 aliphatic rings. The quantitative estimate of drug-likeness (QED) is 0.788. The summed E-state index contributed by atoms with van der Waals surface area (Å²) in [7, 11) is 0. The monoisotopic (exact) mass is 205 g/mol. The largest absolute Gasteiger partial charge is 0.364 e. The lowest BCUT2D eigenvalue weighted by atomic mass is 10.1. The van der Waals surface area contributed by atoms with Crippen molar-refractivity contribution in [3.05, 3.63) is 34.9 Å². The first-order valence-corrected chi connectivity index (χ1v) is 3.76. The predicted octanol–water partition coefficient (Wildman–Crippen LogP) is 1.92. The molecule has 0 aliphatic carbocycles. The molecule has 70 valence electrons. The van der Waals surface area contributed by atoms with E-state index in [1.54, 1.807) is 0 Å². The van der Waals surface area contributed by atoms with Gasteiger partial charge in [0, 0.05) is 10.6 Å². The Balaban J connectivity index is 3.08. The van der Waals surface area contributed by atoms with E-state index in [0.717, 1.165) is 12.1 Å². The molecule has 0 fully saturated rings. The molecule has 0 saturated carbocycles. The van der Waals surface area contributed by atoms with E-state index in [1.807, 2.05) is 0 Å². The minimum atomic E-state index is -3.63. The van der Waals surface area contributed by atoms with Gasteiger partial charge in [0.2, 0.25) is 0 Å². The van der Waals surface area contributed by atoms with Crippen LogP contribution in [0.1, 0.15) is 5.56 Å². The molecule has 1 aromatic rings. The summed E-state index contributed by atoms with van der Waals surface area (Å²) in [4.78, 5) is 10.3. The van der Waals surface area contributed by atoms with Gasteiger partial charge in [-0.25, -0.2) is 0 Å². The molecule has 13 heavy (non-hydrogen) atoms. The molecule has 1 amide bonds. The highest BCUT2D eigenvalue weighted by atomic mass is 35.5. The van der Waals surface area contributed by atoms with Crippen LogP contribution in [0.15, 0.2) is 24.3 Å². The van der Waals surface area contributed by atoms with Gasteiger partial charge >= 0.3 is 5.92 Å². The van der Waals surface area contributed by atoms with Crippen LogP contribution in [0.5, 0.6) is 0 Å². The van der Waals surface area contributed by atoms with Crippen molar-refractivity contribution >= 4 is 17.5 Å². The van der Waals surface area contributed by atoms with E-state index in [0.29, 0.717) is 5.02 Å². The predicted molar refractivity (Wildman–Crippen MR) is 44.5 cm³/mol. The van der Waals surface area contributed by atoms with Gasteiger partial charge in [-0.1, -0.05) is 23.7 Å². The third-order valence-electron chi connectivity index (χ3n) is 1.52. The SMILES string of the molecule is NC(=O)C(F)(F)c1ccc(Cl)cc1. The second kappa shape index (κ2) is 3.30. The van der Waals surface area contributed by atoms with Crippen molar-refractivity contribution in [1.82, 2.24) is 0 Å².